The first-order valence-corrected chi connectivity index (χ1v) is 10.6. The molecule has 0 atom stereocenters. The Kier molecular flexibility index (Phi) is 5.94. The van der Waals surface area contributed by atoms with Crippen molar-refractivity contribution < 1.29 is 9.90 Å². The molecule has 1 N–H and O–H groups in total. The molecular formula is C22H24ClN7O2. The highest BCUT2D eigenvalue weighted by Crippen LogP contribution is 2.26. The van der Waals surface area contributed by atoms with Crippen molar-refractivity contribution in [1.82, 2.24) is 34.2 Å². The van der Waals surface area contributed by atoms with E-state index in [2.05, 4.69) is 20.1 Å². The number of benzene rings is 1. The molecule has 3 aromatic heterocycles. The van der Waals surface area contributed by atoms with E-state index < -0.39 is 0 Å². The third-order valence-corrected chi connectivity index (χ3v) is 5.81. The Bertz CT molecular complexity index is 1310. The Morgan fingerprint density at radius 1 is 1.25 bits per heavy atom. The number of imidazole rings is 1. The average Bonchev–Trinajstić information content (AvgIpc) is 3.34. The van der Waals surface area contributed by atoms with E-state index in [0.717, 1.165) is 17.8 Å². The molecule has 0 aliphatic heterocycles. The topological polar surface area (TPSA) is 102 Å². The normalized spacial score (nSPS) is 11.3. The molecule has 32 heavy (non-hydrogen) atoms. The van der Waals surface area contributed by atoms with E-state index in [-0.39, 0.29) is 18.2 Å². The zero-order valence-electron chi connectivity index (χ0n) is 18.4. The van der Waals surface area contributed by atoms with Crippen LogP contribution in [0.4, 0.5) is 0 Å². The van der Waals surface area contributed by atoms with Gasteiger partial charge in [-0.1, -0.05) is 11.6 Å². The van der Waals surface area contributed by atoms with Gasteiger partial charge in [-0.25, -0.2) is 15.0 Å². The monoisotopic (exact) mass is 453 g/mol. The summed E-state index contributed by atoms with van der Waals surface area (Å²) < 4.78 is 3.60. The van der Waals surface area contributed by atoms with Crippen molar-refractivity contribution in [3.63, 3.8) is 0 Å². The minimum atomic E-state index is -0.255. The van der Waals surface area contributed by atoms with E-state index in [1.165, 1.54) is 0 Å². The van der Waals surface area contributed by atoms with E-state index in [1.54, 1.807) is 54.2 Å². The third kappa shape index (κ3) is 3.85. The lowest BCUT2D eigenvalue weighted by molar-refractivity contribution is 0.0781. The number of halogens is 1. The van der Waals surface area contributed by atoms with Crippen LogP contribution in [-0.2, 0) is 26.7 Å². The van der Waals surface area contributed by atoms with Crippen LogP contribution >= 0.6 is 11.6 Å². The predicted octanol–water partition coefficient (Wildman–Crippen LogP) is 2.97. The van der Waals surface area contributed by atoms with Crippen molar-refractivity contribution >= 4 is 28.4 Å². The molecule has 0 spiro atoms. The maximum Gasteiger partial charge on any atom is 0.273 e. The number of aromatic nitrogens is 6. The number of fused-ring (bicyclic) bond motifs is 1. The average molecular weight is 454 g/mol. The number of hydrogen-bond donors (Lipinski definition) is 1. The van der Waals surface area contributed by atoms with Crippen LogP contribution in [0.25, 0.3) is 22.4 Å². The first kappa shape index (κ1) is 21.9. The van der Waals surface area contributed by atoms with Crippen LogP contribution in [0.3, 0.4) is 0 Å². The van der Waals surface area contributed by atoms with E-state index in [4.69, 9.17) is 11.6 Å². The standard InChI is InChI=1S/C22H24ClN7O2/c1-5-30-13(2)14(9-25-30)11-28(3)22(32)20-16-8-15(23)6-7-17(16)26-21(27-20)18-10-24-19(12-31)29(18)4/h6-10,31H,5,11-12H2,1-4H3. The Morgan fingerprint density at radius 2 is 2.03 bits per heavy atom. The van der Waals surface area contributed by atoms with Gasteiger partial charge in [-0.05, 0) is 32.0 Å². The fraction of sp³-hybridized carbons (Fsp3) is 0.318. The molecule has 0 saturated heterocycles. The molecule has 0 radical (unpaired) electrons. The molecule has 1 amide bonds. The van der Waals surface area contributed by atoms with Gasteiger partial charge in [0, 0.05) is 48.9 Å². The molecule has 1 aromatic carbocycles. The van der Waals surface area contributed by atoms with Crippen LogP contribution < -0.4 is 0 Å². The lowest BCUT2D eigenvalue weighted by atomic mass is 10.1. The second-order valence-corrected chi connectivity index (χ2v) is 8.00. The molecule has 4 rings (SSSR count). The van der Waals surface area contributed by atoms with Crippen LogP contribution in [0.1, 0.15) is 34.5 Å². The van der Waals surface area contributed by atoms with Gasteiger partial charge in [-0.15, -0.1) is 0 Å². The Labute approximate surface area is 190 Å². The minimum Gasteiger partial charge on any atom is -0.388 e. The number of nitrogens with zero attached hydrogens (tertiary/aromatic N) is 7. The van der Waals surface area contributed by atoms with E-state index in [9.17, 15) is 9.90 Å². The van der Waals surface area contributed by atoms with Gasteiger partial charge in [0.25, 0.3) is 5.91 Å². The van der Waals surface area contributed by atoms with Gasteiger partial charge >= 0.3 is 0 Å². The summed E-state index contributed by atoms with van der Waals surface area (Å²) in [5.74, 6) is 0.573. The lowest BCUT2D eigenvalue weighted by Crippen LogP contribution is -2.28. The van der Waals surface area contributed by atoms with Crippen molar-refractivity contribution in [2.75, 3.05) is 7.05 Å². The van der Waals surface area contributed by atoms with Crippen LogP contribution in [0.5, 0.6) is 0 Å². The van der Waals surface area contributed by atoms with Crippen LogP contribution in [0.2, 0.25) is 5.02 Å². The SMILES string of the molecule is CCn1ncc(CN(C)C(=O)c2nc(-c3cnc(CO)n3C)nc3ccc(Cl)cc23)c1C. The minimum absolute atomic E-state index is 0.209. The lowest BCUT2D eigenvalue weighted by Gasteiger charge is -2.18. The van der Waals surface area contributed by atoms with Crippen molar-refractivity contribution in [2.24, 2.45) is 7.05 Å². The van der Waals surface area contributed by atoms with Gasteiger partial charge < -0.3 is 14.6 Å². The summed E-state index contributed by atoms with van der Waals surface area (Å²) in [5, 5.41) is 14.9. The van der Waals surface area contributed by atoms with Crippen molar-refractivity contribution in [2.45, 2.75) is 33.5 Å². The highest BCUT2D eigenvalue weighted by molar-refractivity contribution is 6.31. The quantitative estimate of drug-likeness (QED) is 0.481. The first-order valence-electron chi connectivity index (χ1n) is 10.2. The Morgan fingerprint density at radius 3 is 2.69 bits per heavy atom. The third-order valence-electron chi connectivity index (χ3n) is 5.57. The molecular weight excluding hydrogens is 430 g/mol. The largest absolute Gasteiger partial charge is 0.388 e. The smallest absolute Gasteiger partial charge is 0.273 e. The second-order valence-electron chi connectivity index (χ2n) is 7.57. The number of aliphatic hydroxyl groups excluding tert-OH is 1. The molecule has 0 aliphatic rings. The number of aryl methyl sites for hydroxylation is 1. The van der Waals surface area contributed by atoms with E-state index >= 15 is 0 Å². The van der Waals surface area contributed by atoms with Crippen LogP contribution in [0.15, 0.2) is 30.6 Å². The maximum atomic E-state index is 13.5. The highest BCUT2D eigenvalue weighted by atomic mass is 35.5. The van der Waals surface area contributed by atoms with Crippen molar-refractivity contribution in [1.29, 1.82) is 0 Å². The number of aliphatic hydroxyl groups is 1. The molecule has 0 unspecified atom stereocenters. The zero-order chi connectivity index (χ0) is 23.0. The van der Waals surface area contributed by atoms with Gasteiger partial charge in [0.2, 0.25) is 0 Å². The van der Waals surface area contributed by atoms with Gasteiger partial charge in [0.05, 0.1) is 17.9 Å². The number of carbonyl (C=O) groups is 1. The molecule has 0 fully saturated rings. The van der Waals surface area contributed by atoms with Gasteiger partial charge in [-0.3, -0.25) is 9.48 Å². The summed E-state index contributed by atoms with van der Waals surface area (Å²) >= 11 is 6.21. The van der Waals surface area contributed by atoms with Crippen LogP contribution in [-0.4, -0.2) is 52.3 Å². The molecule has 3 heterocycles. The van der Waals surface area contributed by atoms with E-state index in [1.807, 2.05) is 18.5 Å². The number of amides is 1. The van der Waals surface area contributed by atoms with E-state index in [0.29, 0.717) is 39.8 Å². The number of hydrogen-bond acceptors (Lipinski definition) is 6. The summed E-state index contributed by atoms with van der Waals surface area (Å²) in [5.41, 5.74) is 3.44. The molecule has 10 heteroatoms. The summed E-state index contributed by atoms with van der Waals surface area (Å²) in [6, 6.07) is 5.19. The molecule has 4 aromatic rings. The molecule has 9 nitrogen and oxygen atoms in total. The Hall–Kier alpha value is -3.30. The number of rotatable bonds is 6. The number of carbonyl (C=O) groups excluding carboxylic acids is 1. The predicted molar refractivity (Wildman–Crippen MR) is 121 cm³/mol. The molecule has 0 saturated carbocycles. The van der Waals surface area contributed by atoms with Gasteiger partial charge in [0.1, 0.15) is 23.8 Å². The first-order chi connectivity index (χ1) is 15.3. The fourth-order valence-electron chi connectivity index (χ4n) is 3.65. The Balaban J connectivity index is 1.78. The van der Waals surface area contributed by atoms with Gasteiger partial charge in [-0.2, -0.15) is 5.10 Å². The summed E-state index contributed by atoms with van der Waals surface area (Å²) in [6.45, 7) is 4.97. The zero-order valence-corrected chi connectivity index (χ0v) is 19.1. The van der Waals surface area contributed by atoms with Crippen molar-refractivity contribution in [3.05, 3.63) is 58.4 Å². The summed E-state index contributed by atoms with van der Waals surface area (Å²) in [6.07, 6.45) is 3.37. The molecule has 166 valence electrons. The summed E-state index contributed by atoms with van der Waals surface area (Å²) in [4.78, 5) is 28.5. The molecule has 0 aliphatic carbocycles. The van der Waals surface area contributed by atoms with Crippen LogP contribution in [0, 0.1) is 6.92 Å². The van der Waals surface area contributed by atoms with Crippen molar-refractivity contribution in [3.8, 4) is 11.5 Å². The maximum absolute atomic E-state index is 13.5. The second kappa shape index (κ2) is 8.68. The fourth-order valence-corrected chi connectivity index (χ4v) is 3.82. The highest BCUT2D eigenvalue weighted by Gasteiger charge is 2.22. The summed E-state index contributed by atoms with van der Waals surface area (Å²) in [7, 11) is 3.50. The molecule has 0 bridgehead atoms. The van der Waals surface area contributed by atoms with Gasteiger partial charge in [0.15, 0.2) is 5.82 Å².